The molecule has 1 aromatic heterocycles. The number of hydrogen-bond donors (Lipinski definition) is 2. The minimum absolute atomic E-state index is 0.276. The molecule has 0 saturated heterocycles. The lowest BCUT2D eigenvalue weighted by Gasteiger charge is -2.08. The van der Waals surface area contributed by atoms with Crippen LogP contribution in [0, 0.1) is 11.3 Å². The minimum atomic E-state index is -4.82. The number of alkyl halides is 3. The molecule has 0 amide bonds. The summed E-state index contributed by atoms with van der Waals surface area (Å²) in [6, 6.07) is 1.43. The Labute approximate surface area is 75.9 Å². The maximum absolute atomic E-state index is 12.2. The van der Waals surface area contributed by atoms with E-state index >= 15 is 0 Å². The first kappa shape index (κ1) is 10.1. The van der Waals surface area contributed by atoms with Gasteiger partial charge in [0.15, 0.2) is 0 Å². The van der Waals surface area contributed by atoms with Crippen LogP contribution in [0.1, 0.15) is 11.1 Å². The predicted molar refractivity (Wildman–Crippen MR) is 37.3 cm³/mol. The van der Waals surface area contributed by atoms with Crippen molar-refractivity contribution in [2.24, 2.45) is 0 Å². The van der Waals surface area contributed by atoms with Gasteiger partial charge in [-0.25, -0.2) is 0 Å². The molecule has 0 unspecified atom stereocenters. The highest BCUT2D eigenvalue weighted by atomic mass is 19.4. The van der Waals surface area contributed by atoms with Crippen LogP contribution in [0.2, 0.25) is 0 Å². The van der Waals surface area contributed by atoms with Gasteiger partial charge >= 0.3 is 6.18 Å². The molecule has 0 fully saturated rings. The summed E-state index contributed by atoms with van der Waals surface area (Å²) in [7, 11) is 0. The summed E-state index contributed by atoms with van der Waals surface area (Å²) in [6.45, 7) is 0. The largest absolute Gasteiger partial charge is 0.493 e. The zero-order valence-corrected chi connectivity index (χ0v) is 6.50. The quantitative estimate of drug-likeness (QED) is 0.669. The van der Waals surface area contributed by atoms with Gasteiger partial charge in [0.2, 0.25) is 11.8 Å². The standard InChI is InChI=1S/C7H3F3N2O2/c8-7(9,10)4-1-5(13)12-6(14)3(4)2-11/h1H,(H2,12,13,14). The smallest absolute Gasteiger partial charge is 0.418 e. The van der Waals surface area contributed by atoms with Crippen molar-refractivity contribution in [1.29, 1.82) is 5.26 Å². The molecule has 0 aliphatic heterocycles. The number of nitrogens with zero attached hydrogens (tertiary/aromatic N) is 2. The maximum atomic E-state index is 12.2. The van der Waals surface area contributed by atoms with Crippen LogP contribution in [0.5, 0.6) is 11.8 Å². The van der Waals surface area contributed by atoms with Gasteiger partial charge in [0, 0.05) is 6.07 Å². The molecule has 1 heterocycles. The van der Waals surface area contributed by atoms with E-state index in [1.165, 1.54) is 0 Å². The molecular weight excluding hydrogens is 201 g/mol. The summed E-state index contributed by atoms with van der Waals surface area (Å²) in [4.78, 5) is 2.91. The molecule has 2 N–H and O–H groups in total. The van der Waals surface area contributed by atoms with Crippen LogP contribution >= 0.6 is 0 Å². The molecule has 1 rings (SSSR count). The predicted octanol–water partition coefficient (Wildman–Crippen LogP) is 1.38. The average molecular weight is 204 g/mol. The normalized spacial score (nSPS) is 11.0. The van der Waals surface area contributed by atoms with Gasteiger partial charge in [-0.3, -0.25) is 0 Å². The van der Waals surface area contributed by atoms with E-state index in [1.807, 2.05) is 0 Å². The summed E-state index contributed by atoms with van der Waals surface area (Å²) in [5.41, 5.74) is -2.42. The first-order chi connectivity index (χ1) is 6.36. The van der Waals surface area contributed by atoms with E-state index in [0.717, 1.165) is 6.07 Å². The van der Waals surface area contributed by atoms with Gasteiger partial charge in [-0.2, -0.15) is 23.4 Å². The highest BCUT2D eigenvalue weighted by Crippen LogP contribution is 2.36. The first-order valence-electron chi connectivity index (χ1n) is 3.26. The Bertz CT molecular complexity index is 409. The number of nitriles is 1. The topological polar surface area (TPSA) is 77.1 Å². The molecule has 0 aromatic carbocycles. The molecule has 0 saturated carbocycles. The summed E-state index contributed by atoms with van der Waals surface area (Å²) in [5, 5.41) is 25.9. The third-order valence-electron chi connectivity index (χ3n) is 1.40. The Kier molecular flexibility index (Phi) is 2.21. The lowest BCUT2D eigenvalue weighted by molar-refractivity contribution is -0.138. The minimum Gasteiger partial charge on any atom is -0.493 e. The zero-order chi connectivity index (χ0) is 10.9. The average Bonchev–Trinajstić information content (AvgIpc) is 2.01. The highest BCUT2D eigenvalue weighted by Gasteiger charge is 2.36. The molecule has 7 heteroatoms. The van der Waals surface area contributed by atoms with Crippen molar-refractivity contribution in [3.63, 3.8) is 0 Å². The van der Waals surface area contributed by atoms with Crippen molar-refractivity contribution in [2.45, 2.75) is 6.18 Å². The zero-order valence-electron chi connectivity index (χ0n) is 6.50. The number of rotatable bonds is 0. The molecule has 0 spiro atoms. The fourth-order valence-electron chi connectivity index (χ4n) is 0.852. The van der Waals surface area contributed by atoms with Gasteiger partial charge in [-0.1, -0.05) is 0 Å². The molecule has 0 bridgehead atoms. The van der Waals surface area contributed by atoms with Gasteiger partial charge in [-0.05, 0) is 0 Å². The van der Waals surface area contributed by atoms with E-state index in [-0.39, 0.29) is 6.07 Å². The second-order valence-corrected chi connectivity index (χ2v) is 2.34. The van der Waals surface area contributed by atoms with Crippen LogP contribution < -0.4 is 0 Å². The van der Waals surface area contributed by atoms with E-state index in [0.29, 0.717) is 0 Å². The number of hydrogen-bond acceptors (Lipinski definition) is 4. The van der Waals surface area contributed by atoms with Gasteiger partial charge in [0.25, 0.3) is 0 Å². The third-order valence-corrected chi connectivity index (χ3v) is 1.40. The molecule has 0 aliphatic carbocycles. The van der Waals surface area contributed by atoms with Crippen LogP contribution in [0.15, 0.2) is 6.07 Å². The fraction of sp³-hybridized carbons (Fsp3) is 0.143. The number of aromatic hydroxyl groups is 2. The van der Waals surface area contributed by atoms with Crippen LogP contribution in [0.3, 0.4) is 0 Å². The summed E-state index contributed by atoms with van der Waals surface area (Å²) in [5.74, 6) is -2.13. The fourth-order valence-corrected chi connectivity index (χ4v) is 0.852. The molecule has 14 heavy (non-hydrogen) atoms. The highest BCUT2D eigenvalue weighted by molar-refractivity contribution is 5.47. The van der Waals surface area contributed by atoms with E-state index in [2.05, 4.69) is 4.98 Å². The van der Waals surface area contributed by atoms with Gasteiger partial charge < -0.3 is 10.2 Å². The van der Waals surface area contributed by atoms with Gasteiger partial charge in [-0.15, -0.1) is 0 Å². The molecule has 1 aromatic rings. The molecular formula is C7H3F3N2O2. The van der Waals surface area contributed by atoms with Crippen LogP contribution in [-0.4, -0.2) is 15.2 Å². The van der Waals surface area contributed by atoms with Crippen LogP contribution in [-0.2, 0) is 6.18 Å². The van der Waals surface area contributed by atoms with Crippen LogP contribution in [0.4, 0.5) is 13.2 Å². The molecule has 74 valence electrons. The molecule has 0 atom stereocenters. The second kappa shape index (κ2) is 3.06. The lowest BCUT2D eigenvalue weighted by Crippen LogP contribution is -2.08. The summed E-state index contributed by atoms with van der Waals surface area (Å²) in [6.07, 6.45) is -4.82. The van der Waals surface area contributed by atoms with E-state index < -0.39 is 29.1 Å². The van der Waals surface area contributed by atoms with Crippen molar-refractivity contribution < 1.29 is 23.4 Å². The summed E-state index contributed by atoms with van der Waals surface area (Å²) >= 11 is 0. The third kappa shape index (κ3) is 1.69. The maximum Gasteiger partial charge on any atom is 0.418 e. The Morgan fingerprint density at radius 3 is 2.36 bits per heavy atom. The summed E-state index contributed by atoms with van der Waals surface area (Å²) < 4.78 is 36.6. The van der Waals surface area contributed by atoms with E-state index in [4.69, 9.17) is 15.5 Å². The number of pyridine rings is 1. The van der Waals surface area contributed by atoms with Crippen molar-refractivity contribution in [3.05, 3.63) is 17.2 Å². The first-order valence-corrected chi connectivity index (χ1v) is 3.26. The number of halogens is 3. The Morgan fingerprint density at radius 2 is 1.93 bits per heavy atom. The van der Waals surface area contributed by atoms with Crippen molar-refractivity contribution in [1.82, 2.24) is 4.98 Å². The van der Waals surface area contributed by atoms with Crippen molar-refractivity contribution in [3.8, 4) is 17.8 Å². The van der Waals surface area contributed by atoms with Gasteiger partial charge in [0.1, 0.15) is 11.6 Å². The van der Waals surface area contributed by atoms with Gasteiger partial charge in [0.05, 0.1) is 5.56 Å². The Hall–Kier alpha value is -1.97. The molecule has 4 nitrogen and oxygen atoms in total. The van der Waals surface area contributed by atoms with Crippen molar-refractivity contribution in [2.75, 3.05) is 0 Å². The molecule has 0 radical (unpaired) electrons. The van der Waals surface area contributed by atoms with E-state index in [9.17, 15) is 13.2 Å². The van der Waals surface area contributed by atoms with E-state index in [1.54, 1.807) is 0 Å². The number of aromatic nitrogens is 1. The lowest BCUT2D eigenvalue weighted by atomic mass is 10.1. The van der Waals surface area contributed by atoms with Crippen LogP contribution in [0.25, 0.3) is 0 Å². The Morgan fingerprint density at radius 1 is 1.36 bits per heavy atom. The Balaban J connectivity index is 3.50. The monoisotopic (exact) mass is 204 g/mol. The van der Waals surface area contributed by atoms with Crippen molar-refractivity contribution >= 4 is 0 Å². The second-order valence-electron chi connectivity index (χ2n) is 2.34. The molecule has 0 aliphatic rings. The SMILES string of the molecule is N#Cc1c(C(F)(F)F)cc(O)nc1O.